The molecule has 0 radical (unpaired) electrons. The molecule has 6 heteroatoms. The Hall–Kier alpha value is -1.60. The number of phenols is 1. The van der Waals surface area contributed by atoms with Gasteiger partial charge in [0.2, 0.25) is 0 Å². The molecule has 5 nitrogen and oxygen atoms in total. The fourth-order valence-electron chi connectivity index (χ4n) is 2.80. The van der Waals surface area contributed by atoms with Crippen molar-refractivity contribution in [3.05, 3.63) is 34.7 Å². The Balaban J connectivity index is 1.91. The van der Waals surface area contributed by atoms with Crippen LogP contribution >= 0.6 is 11.3 Å². The van der Waals surface area contributed by atoms with Crippen molar-refractivity contribution in [2.75, 3.05) is 26.3 Å². The minimum absolute atomic E-state index is 0.146. The minimum Gasteiger partial charge on any atom is -0.504 e. The summed E-state index contributed by atoms with van der Waals surface area (Å²) in [7, 11) is 0. The first-order valence-electron chi connectivity index (χ1n) is 7.63. The standard InChI is InChI=1S/C17H21NO4S/c1-11-2-3-16(23-11)12-6-13-8-18(9-14(20)10-19)4-5-22-17(13)15(21)7-12/h2-3,6-7,14,19-21H,4-5,8-10H2,1H3/t14-/m0/s1. The second-order valence-corrected chi connectivity index (χ2v) is 7.10. The number of hydrogen-bond acceptors (Lipinski definition) is 6. The first-order chi connectivity index (χ1) is 11.1. The van der Waals surface area contributed by atoms with E-state index in [2.05, 4.69) is 13.0 Å². The van der Waals surface area contributed by atoms with Crippen LogP contribution < -0.4 is 4.74 Å². The molecule has 0 amide bonds. The Kier molecular flexibility index (Phi) is 4.87. The highest BCUT2D eigenvalue weighted by atomic mass is 32.1. The molecule has 1 aliphatic rings. The molecule has 0 saturated carbocycles. The van der Waals surface area contributed by atoms with Gasteiger partial charge in [-0.2, -0.15) is 0 Å². The molecule has 0 aliphatic carbocycles. The number of ether oxygens (including phenoxy) is 1. The zero-order valence-corrected chi connectivity index (χ0v) is 13.8. The summed E-state index contributed by atoms with van der Waals surface area (Å²) in [6.07, 6.45) is -0.770. The van der Waals surface area contributed by atoms with Crippen LogP contribution in [0.1, 0.15) is 10.4 Å². The van der Waals surface area contributed by atoms with Crippen LogP contribution in [0.3, 0.4) is 0 Å². The van der Waals surface area contributed by atoms with Crippen molar-refractivity contribution in [3.63, 3.8) is 0 Å². The van der Waals surface area contributed by atoms with Crippen LogP contribution in [-0.4, -0.2) is 52.6 Å². The van der Waals surface area contributed by atoms with Crippen LogP contribution in [0.4, 0.5) is 0 Å². The summed E-state index contributed by atoms with van der Waals surface area (Å²) in [6.45, 7) is 3.82. The topological polar surface area (TPSA) is 73.2 Å². The normalized spacial score (nSPS) is 16.5. The fourth-order valence-corrected chi connectivity index (χ4v) is 3.65. The third-order valence-electron chi connectivity index (χ3n) is 3.90. The number of rotatable bonds is 4. The summed E-state index contributed by atoms with van der Waals surface area (Å²) in [5.74, 6) is 0.663. The Bertz CT molecular complexity index is 685. The number of thiophene rings is 1. The number of benzene rings is 1. The third kappa shape index (κ3) is 3.67. The lowest BCUT2D eigenvalue weighted by Crippen LogP contribution is -2.35. The smallest absolute Gasteiger partial charge is 0.165 e. The van der Waals surface area contributed by atoms with Crippen LogP contribution in [0.2, 0.25) is 0 Å². The second kappa shape index (κ2) is 6.88. The van der Waals surface area contributed by atoms with Crippen LogP contribution in [0.15, 0.2) is 24.3 Å². The molecular formula is C17H21NO4S. The number of aromatic hydroxyl groups is 1. The van der Waals surface area contributed by atoms with Gasteiger partial charge in [0.1, 0.15) is 6.61 Å². The molecule has 1 aromatic heterocycles. The highest BCUT2D eigenvalue weighted by molar-refractivity contribution is 7.15. The van der Waals surface area contributed by atoms with Gasteiger partial charge in [0, 0.05) is 35.0 Å². The maximum absolute atomic E-state index is 10.3. The second-order valence-electron chi connectivity index (χ2n) is 5.81. The molecular weight excluding hydrogens is 314 g/mol. The SMILES string of the molecule is Cc1ccc(-c2cc(O)c3c(c2)CN(C[C@H](O)CO)CCO3)s1. The number of fused-ring (bicyclic) bond motifs is 1. The van der Waals surface area contributed by atoms with Crippen molar-refractivity contribution in [3.8, 4) is 21.9 Å². The van der Waals surface area contributed by atoms with Crippen molar-refractivity contribution in [1.82, 2.24) is 4.90 Å². The van der Waals surface area contributed by atoms with Crippen molar-refractivity contribution < 1.29 is 20.1 Å². The van der Waals surface area contributed by atoms with Crippen molar-refractivity contribution in [2.45, 2.75) is 19.6 Å². The maximum atomic E-state index is 10.3. The van der Waals surface area contributed by atoms with E-state index in [1.54, 1.807) is 17.4 Å². The average Bonchev–Trinajstić information content (AvgIpc) is 2.85. The van der Waals surface area contributed by atoms with E-state index in [4.69, 9.17) is 9.84 Å². The lowest BCUT2D eigenvalue weighted by molar-refractivity contribution is 0.0551. The Morgan fingerprint density at radius 3 is 2.87 bits per heavy atom. The van der Waals surface area contributed by atoms with Gasteiger partial charge in [-0.25, -0.2) is 0 Å². The van der Waals surface area contributed by atoms with Crippen LogP contribution in [0.5, 0.6) is 11.5 Å². The molecule has 124 valence electrons. The molecule has 3 N–H and O–H groups in total. The molecule has 0 bridgehead atoms. The number of hydrogen-bond donors (Lipinski definition) is 3. The number of aliphatic hydroxyl groups excluding tert-OH is 2. The number of aliphatic hydroxyl groups is 2. The van der Waals surface area contributed by atoms with E-state index in [-0.39, 0.29) is 12.4 Å². The van der Waals surface area contributed by atoms with Crippen molar-refractivity contribution >= 4 is 11.3 Å². The molecule has 0 fully saturated rings. The lowest BCUT2D eigenvalue weighted by atomic mass is 10.1. The fraction of sp³-hybridized carbons (Fsp3) is 0.412. The van der Waals surface area contributed by atoms with Gasteiger partial charge >= 0.3 is 0 Å². The van der Waals surface area contributed by atoms with E-state index in [9.17, 15) is 10.2 Å². The average molecular weight is 335 g/mol. The van der Waals surface area contributed by atoms with Crippen LogP contribution in [0, 0.1) is 6.92 Å². The van der Waals surface area contributed by atoms with Crippen LogP contribution in [0.25, 0.3) is 10.4 Å². The third-order valence-corrected chi connectivity index (χ3v) is 4.95. The van der Waals surface area contributed by atoms with Crippen molar-refractivity contribution in [2.24, 2.45) is 0 Å². The van der Waals surface area contributed by atoms with Gasteiger partial charge in [-0.1, -0.05) is 0 Å². The zero-order valence-electron chi connectivity index (χ0n) is 13.0. The zero-order chi connectivity index (χ0) is 16.4. The first kappa shape index (κ1) is 16.3. The molecule has 3 rings (SSSR count). The van der Waals surface area contributed by atoms with Crippen molar-refractivity contribution in [1.29, 1.82) is 0 Å². The lowest BCUT2D eigenvalue weighted by Gasteiger charge is -2.21. The van der Waals surface area contributed by atoms with E-state index in [0.29, 0.717) is 32.0 Å². The first-order valence-corrected chi connectivity index (χ1v) is 8.45. The molecule has 1 aromatic carbocycles. The predicted molar refractivity (Wildman–Crippen MR) is 90.0 cm³/mol. The maximum Gasteiger partial charge on any atom is 0.165 e. The van der Waals surface area contributed by atoms with E-state index >= 15 is 0 Å². The van der Waals surface area contributed by atoms with E-state index in [0.717, 1.165) is 16.0 Å². The summed E-state index contributed by atoms with van der Waals surface area (Å²) < 4.78 is 5.69. The molecule has 1 atom stereocenters. The van der Waals surface area contributed by atoms with Gasteiger partial charge in [-0.3, -0.25) is 4.90 Å². The highest BCUT2D eigenvalue weighted by Gasteiger charge is 2.21. The summed E-state index contributed by atoms with van der Waals surface area (Å²) in [6, 6.07) is 7.88. The summed E-state index contributed by atoms with van der Waals surface area (Å²) in [5.41, 5.74) is 1.86. The molecule has 23 heavy (non-hydrogen) atoms. The molecule has 2 aromatic rings. The molecule has 0 saturated heterocycles. The monoisotopic (exact) mass is 335 g/mol. The van der Waals surface area contributed by atoms with Gasteiger partial charge < -0.3 is 20.1 Å². The largest absolute Gasteiger partial charge is 0.504 e. The van der Waals surface area contributed by atoms with E-state index < -0.39 is 6.10 Å². The predicted octanol–water partition coefficient (Wildman–Crippen LogP) is 1.98. The van der Waals surface area contributed by atoms with Gasteiger partial charge in [0.15, 0.2) is 11.5 Å². The Labute approximate surface area is 139 Å². The highest BCUT2D eigenvalue weighted by Crippen LogP contribution is 2.39. The molecule has 2 heterocycles. The Morgan fingerprint density at radius 1 is 1.35 bits per heavy atom. The van der Waals surface area contributed by atoms with E-state index in [1.807, 2.05) is 17.0 Å². The van der Waals surface area contributed by atoms with Gasteiger partial charge in [0.05, 0.1) is 12.7 Å². The molecule has 1 aliphatic heterocycles. The summed E-state index contributed by atoms with van der Waals surface area (Å²) in [5, 5.41) is 29.0. The number of β-amino-alcohol motifs (C(OH)–C–C–N with tert-alkyl or cyclic N) is 1. The van der Waals surface area contributed by atoms with Gasteiger partial charge in [-0.15, -0.1) is 11.3 Å². The number of phenolic OH excluding ortho intramolecular Hbond substituents is 1. The molecule has 0 unspecified atom stereocenters. The van der Waals surface area contributed by atoms with Gasteiger partial charge in [0.25, 0.3) is 0 Å². The quantitative estimate of drug-likeness (QED) is 0.797. The van der Waals surface area contributed by atoms with Gasteiger partial charge in [-0.05, 0) is 36.8 Å². The Morgan fingerprint density at radius 2 is 2.17 bits per heavy atom. The molecule has 0 spiro atoms. The number of aryl methyl sites for hydroxylation is 1. The summed E-state index contributed by atoms with van der Waals surface area (Å²) >= 11 is 1.68. The van der Waals surface area contributed by atoms with Crippen LogP contribution in [-0.2, 0) is 6.54 Å². The summed E-state index contributed by atoms with van der Waals surface area (Å²) in [4.78, 5) is 4.35. The van der Waals surface area contributed by atoms with E-state index in [1.165, 1.54) is 4.88 Å². The number of nitrogens with zero attached hydrogens (tertiary/aromatic N) is 1. The minimum atomic E-state index is -0.770.